The van der Waals surface area contributed by atoms with Gasteiger partial charge in [0.1, 0.15) is 75.1 Å². The van der Waals surface area contributed by atoms with Crippen LogP contribution in [0.3, 0.4) is 0 Å². The zero-order valence-electron chi connectivity index (χ0n) is 69.2. The molecule has 2 aliphatic carbocycles. The first kappa shape index (κ1) is 91.4. The second-order valence-corrected chi connectivity index (χ2v) is 35.6. The number of fused-ring (bicyclic) bond motifs is 9. The van der Waals surface area contributed by atoms with E-state index >= 15 is 0 Å². The molecule has 2 aliphatic rings. The second-order valence-electron chi connectivity index (χ2n) is 29.6. The van der Waals surface area contributed by atoms with E-state index in [4.69, 9.17) is 40.2 Å². The van der Waals surface area contributed by atoms with Crippen molar-refractivity contribution in [1.29, 1.82) is 0 Å². The first-order valence-electron chi connectivity index (χ1n) is 40.4. The van der Waals surface area contributed by atoms with Crippen LogP contribution in [0.25, 0.3) is 177 Å². The lowest BCUT2D eigenvalue weighted by atomic mass is 9.81. The van der Waals surface area contributed by atoms with Crippen molar-refractivity contribution >= 4 is 268 Å². The van der Waals surface area contributed by atoms with Gasteiger partial charge in [0.05, 0.1) is 112 Å². The van der Waals surface area contributed by atoms with Crippen LogP contribution in [0.1, 0.15) is 20.7 Å². The molecule has 662 valence electrons. The lowest BCUT2D eigenvalue weighted by molar-refractivity contribution is -0.423. The number of nitrogens with two attached hydrogens (primary N) is 2. The van der Waals surface area contributed by atoms with E-state index in [0.29, 0.717) is 39.1 Å². The standard InChI is InChI=1S/C30H16N4S.C18H10N4O4S.C18H14N4S.C12H6O2.C6H7BO2.C6Br2N4O4S.C6H2Br2N2S/c1-3-9-18(10-4-1)23-27-28(24(19-11-5-2-6-12-19)30-29(23)33-35-34-30)32-26-21-16-8-14-17-13-7-15-20(22(17)21)25(26)31-27;23-21(24)17-13(11-7-3-1-4-8-11)15-16(20-27-19-15)14(18(17)22(25)26)12-9-5-2-6-10-12;19-15-13(11-7-3-1-4-8-11)17-18(22-23-21-17)14(16(15)20)12-9-5-2-6-10-12;13-11-8-5-1-3-7-4-2-6-9(10(7)8)12(11)14;8-7(9)6-4-2-1-3-5-6;7-1-3-4(10-17-9-3)2(8)6(12(15)16)5(1)11(13)14;7-3-1-2-4(8)6-5(3)9-11-10-6/h1-16H;1-10H;1-10H,19-20H2;1-6H;1-5,8-9H;;1-2H. The summed E-state index contributed by atoms with van der Waals surface area (Å²) in [6.45, 7) is 0. The summed E-state index contributed by atoms with van der Waals surface area (Å²) in [5.74, 6) is -0.756. The van der Waals surface area contributed by atoms with Gasteiger partial charge >= 0.3 is 29.9 Å². The van der Waals surface area contributed by atoms with Gasteiger partial charge in [-0.25, -0.2) is 9.97 Å². The third-order valence-electron chi connectivity index (χ3n) is 21.9. The molecule has 0 fully saturated rings. The zero-order chi connectivity index (χ0) is 94.7. The van der Waals surface area contributed by atoms with Gasteiger partial charge in [0.2, 0.25) is 11.6 Å². The minimum Gasteiger partial charge on any atom is -0.423 e. The van der Waals surface area contributed by atoms with Gasteiger partial charge in [0.25, 0.3) is 0 Å². The predicted octanol–water partition coefficient (Wildman–Crippen LogP) is 24.6. The van der Waals surface area contributed by atoms with Crippen LogP contribution in [0.2, 0.25) is 0 Å². The molecule has 136 heavy (non-hydrogen) atoms. The van der Waals surface area contributed by atoms with E-state index in [1.54, 1.807) is 109 Å². The van der Waals surface area contributed by atoms with E-state index in [1.165, 1.54) is 46.0 Å². The highest BCUT2D eigenvalue weighted by atomic mass is 79.9. The number of nitrogen functional groups attached to an aromatic ring is 2. The van der Waals surface area contributed by atoms with Crippen LogP contribution in [0, 0.1) is 40.5 Å². The number of anilines is 2. The molecule has 0 saturated heterocycles. The molecule has 0 aliphatic heterocycles. The average Bonchev–Trinajstić information content (AvgIpc) is 1.53. The molecular formula is C96H55BBr4N18O12S5. The van der Waals surface area contributed by atoms with Gasteiger partial charge in [0.15, 0.2) is 0 Å². The summed E-state index contributed by atoms with van der Waals surface area (Å²) in [7, 11) is -1.34. The fourth-order valence-corrected chi connectivity index (χ4v) is 21.3. The van der Waals surface area contributed by atoms with Crippen molar-refractivity contribution in [3.05, 3.63) is 367 Å². The number of rotatable bonds is 11. The smallest absolute Gasteiger partial charge is 0.423 e. The molecule has 0 spiro atoms. The number of nitro groups is 4. The maximum absolute atomic E-state index is 11.9. The van der Waals surface area contributed by atoms with Crippen molar-refractivity contribution < 1.29 is 39.3 Å². The predicted molar refractivity (Wildman–Crippen MR) is 550 cm³/mol. The van der Waals surface area contributed by atoms with Crippen molar-refractivity contribution in [2.24, 2.45) is 0 Å². The number of nitro benzene ring substituents is 4. The van der Waals surface area contributed by atoms with E-state index in [-0.39, 0.29) is 53.7 Å². The highest BCUT2D eigenvalue weighted by Gasteiger charge is 2.40. The highest BCUT2D eigenvalue weighted by Crippen LogP contribution is 2.53. The van der Waals surface area contributed by atoms with Crippen molar-refractivity contribution in [3.8, 4) is 89.3 Å². The minimum absolute atomic E-state index is 0.0406. The Hall–Kier alpha value is -15.1. The van der Waals surface area contributed by atoms with Crippen LogP contribution in [0.4, 0.5) is 34.1 Å². The summed E-state index contributed by atoms with van der Waals surface area (Å²) in [6.07, 6.45) is 0. The normalized spacial score (nSPS) is 11.3. The first-order valence-corrected chi connectivity index (χ1v) is 47.2. The van der Waals surface area contributed by atoms with E-state index < -0.39 is 49.6 Å². The zero-order valence-corrected chi connectivity index (χ0v) is 79.6. The Morgan fingerprint density at radius 2 is 0.515 bits per heavy atom. The molecule has 24 rings (SSSR count). The van der Waals surface area contributed by atoms with E-state index in [2.05, 4.69) is 184 Å². The number of ketones is 2. The number of nitrogens with zero attached hydrogens (tertiary/aromatic N) is 16. The van der Waals surface area contributed by atoms with Gasteiger partial charge in [-0.3, -0.25) is 50.0 Å². The Labute approximate surface area is 821 Å². The third-order valence-corrected chi connectivity index (χ3v) is 27.3. The molecule has 0 atom stereocenters. The topological polar surface area (TPSA) is 454 Å². The molecule has 30 nitrogen and oxygen atoms in total. The number of hydrogen-bond acceptors (Lipinski definition) is 31. The second kappa shape index (κ2) is 39.6. The molecule has 0 bridgehead atoms. The molecule has 6 N–H and O–H groups in total. The summed E-state index contributed by atoms with van der Waals surface area (Å²) in [5.41, 5.74) is 34.1. The number of carbonyl (C=O) groups is 2. The molecule has 6 heterocycles. The van der Waals surface area contributed by atoms with E-state index in [1.807, 2.05) is 103 Å². The molecule has 22 aromatic rings. The Balaban J connectivity index is 0.000000110. The Kier molecular flexibility index (Phi) is 26.6. The number of aromatic nitrogens is 12. The number of hydrogen-bond donors (Lipinski definition) is 4. The number of Topliss-reactive ketones (excluding diaryl/α,β-unsaturated/α-hetero) is 2. The van der Waals surface area contributed by atoms with Crippen LogP contribution in [0.15, 0.2) is 315 Å². The molecule has 6 aromatic heterocycles. The van der Waals surface area contributed by atoms with Gasteiger partial charge < -0.3 is 21.5 Å². The summed E-state index contributed by atoms with van der Waals surface area (Å²) in [5, 5.41) is 66.9. The molecule has 0 amide bonds. The largest absolute Gasteiger partial charge is 0.488 e. The fourth-order valence-electron chi connectivity index (χ4n) is 16.0. The quantitative estimate of drug-likeness (QED) is 0.0307. The third kappa shape index (κ3) is 17.4. The Morgan fingerprint density at radius 1 is 0.272 bits per heavy atom. The lowest BCUT2D eigenvalue weighted by Gasteiger charge is -2.14. The van der Waals surface area contributed by atoms with Gasteiger partial charge in [-0.05, 0) is 125 Å². The summed E-state index contributed by atoms with van der Waals surface area (Å²) < 4.78 is 44.8. The summed E-state index contributed by atoms with van der Waals surface area (Å²) in [6, 6.07) is 93.8. The Bertz CT molecular complexity index is 8070. The molecule has 0 radical (unpaired) electrons. The SMILES string of the molecule is Brc1ccc(Br)c2nsnc12.Nc1c(N)c(-c2ccccc2)c2nsnc2c1-c1ccccc1.O=C1C(=O)c2cccc3cccc1c23.O=[N+]([O-])c1c([N+](=O)[O-])c(-c2ccccc2)c2nsnc2c1-c1ccccc1.O=[N+]([O-])c1c([N+](=O)[O-])c(Br)c2nsnc2c1Br.OB(O)c1ccccc1.c1ccc(-c2c3nsnc3c(-c3ccccc3)c3nc4c(nc23)-c2cccc3cccc-4c23)cc1. The first-order chi connectivity index (χ1) is 66.1. The van der Waals surface area contributed by atoms with Crippen molar-refractivity contribution in [1.82, 2.24) is 53.7 Å². The van der Waals surface area contributed by atoms with Crippen LogP contribution in [-0.2, 0) is 0 Å². The number of benzene rings is 16. The average molecular weight is 2140 g/mol. The number of halogens is 4. The molecule has 0 unspecified atom stereocenters. The summed E-state index contributed by atoms with van der Waals surface area (Å²) >= 11 is 18.0. The van der Waals surface area contributed by atoms with Crippen molar-refractivity contribution in [3.63, 3.8) is 0 Å². The Morgan fingerprint density at radius 3 is 0.801 bits per heavy atom. The van der Waals surface area contributed by atoms with Crippen LogP contribution < -0.4 is 16.9 Å². The maximum atomic E-state index is 11.9. The van der Waals surface area contributed by atoms with Crippen LogP contribution in [-0.4, -0.2) is 102 Å². The van der Waals surface area contributed by atoms with Gasteiger partial charge in [0, 0.05) is 64.2 Å². The highest BCUT2D eigenvalue weighted by molar-refractivity contribution is 9.11. The minimum atomic E-state index is -1.34. The van der Waals surface area contributed by atoms with Gasteiger partial charge in [-0.1, -0.05) is 285 Å². The van der Waals surface area contributed by atoms with E-state index in [0.717, 1.165) is 154 Å². The van der Waals surface area contributed by atoms with E-state index in [9.17, 15) is 50.0 Å². The van der Waals surface area contributed by atoms with Gasteiger partial charge in [-0.2, -0.15) is 43.7 Å². The summed E-state index contributed by atoms with van der Waals surface area (Å²) in [4.78, 5) is 76.3. The van der Waals surface area contributed by atoms with Crippen LogP contribution >= 0.6 is 122 Å². The lowest BCUT2D eigenvalue weighted by Crippen LogP contribution is -2.29. The monoisotopic (exact) mass is 2140 g/mol. The van der Waals surface area contributed by atoms with Crippen molar-refractivity contribution in [2.45, 2.75) is 0 Å². The van der Waals surface area contributed by atoms with Gasteiger partial charge in [-0.15, -0.1) is 0 Å². The molecular weight excluding hydrogens is 2090 g/mol. The molecule has 16 aromatic carbocycles. The molecule has 40 heteroatoms. The van der Waals surface area contributed by atoms with Crippen LogP contribution in [0.5, 0.6) is 0 Å². The maximum Gasteiger partial charge on any atom is 0.488 e. The van der Waals surface area contributed by atoms with Crippen molar-refractivity contribution in [2.75, 3.05) is 11.5 Å². The molecule has 0 saturated carbocycles. The number of carbonyl (C=O) groups excluding carboxylic acids is 2. The fraction of sp³-hybridized carbons (Fsp3) is 0.